The number of carbonyl (C=O) groups is 1. The van der Waals surface area contributed by atoms with E-state index in [9.17, 15) is 4.79 Å². The van der Waals surface area contributed by atoms with Crippen molar-refractivity contribution in [3.8, 4) is 17.2 Å². The molecule has 2 aromatic heterocycles. The lowest BCUT2D eigenvalue weighted by Gasteiger charge is -2.32. The van der Waals surface area contributed by atoms with Crippen LogP contribution in [-0.4, -0.2) is 38.7 Å². The number of rotatable bonds is 5. The number of piperidine rings is 1. The van der Waals surface area contributed by atoms with Crippen LogP contribution in [-0.2, 0) is 4.79 Å². The van der Waals surface area contributed by atoms with Gasteiger partial charge in [0.2, 0.25) is 5.91 Å². The Balaban J connectivity index is 1.28. The fraction of sp³-hybridized carbons (Fsp3) is 0.231. The number of imidazole rings is 1. The van der Waals surface area contributed by atoms with Gasteiger partial charge in [-0.1, -0.05) is 48.0 Å². The van der Waals surface area contributed by atoms with Crippen LogP contribution in [0, 0.1) is 12.8 Å². The molecule has 1 unspecified atom stereocenters. The molecule has 7 nitrogen and oxygen atoms in total. The lowest BCUT2D eigenvalue weighted by Crippen LogP contribution is -2.41. The molecule has 0 spiro atoms. The van der Waals surface area contributed by atoms with E-state index in [0.29, 0.717) is 12.4 Å². The molecule has 33 heavy (non-hydrogen) atoms. The quantitative estimate of drug-likeness (QED) is 0.497. The van der Waals surface area contributed by atoms with Gasteiger partial charge >= 0.3 is 0 Å². The van der Waals surface area contributed by atoms with E-state index in [2.05, 4.69) is 25.4 Å². The second-order valence-corrected chi connectivity index (χ2v) is 8.38. The Morgan fingerprint density at radius 3 is 2.48 bits per heavy atom. The first kappa shape index (κ1) is 20.9. The van der Waals surface area contributed by atoms with Crippen LogP contribution in [0.5, 0.6) is 0 Å². The summed E-state index contributed by atoms with van der Waals surface area (Å²) in [7, 11) is 0. The summed E-state index contributed by atoms with van der Waals surface area (Å²) in [6.07, 6.45) is 5.46. The van der Waals surface area contributed by atoms with Crippen LogP contribution in [0.2, 0.25) is 0 Å². The van der Waals surface area contributed by atoms with Crippen molar-refractivity contribution >= 4 is 17.4 Å². The maximum absolute atomic E-state index is 12.8. The van der Waals surface area contributed by atoms with Crippen LogP contribution in [0.1, 0.15) is 18.4 Å². The van der Waals surface area contributed by atoms with E-state index in [1.807, 2.05) is 84.4 Å². The van der Waals surface area contributed by atoms with Crippen molar-refractivity contribution in [3.63, 3.8) is 0 Å². The van der Waals surface area contributed by atoms with E-state index in [1.54, 1.807) is 6.20 Å². The highest BCUT2D eigenvalue weighted by Crippen LogP contribution is 2.24. The zero-order valence-electron chi connectivity index (χ0n) is 18.6. The van der Waals surface area contributed by atoms with E-state index in [0.717, 1.165) is 42.3 Å². The third-order valence-electron chi connectivity index (χ3n) is 5.99. The Kier molecular flexibility index (Phi) is 5.85. The predicted octanol–water partition coefficient (Wildman–Crippen LogP) is 4.49. The number of aryl methyl sites for hydroxylation is 1. The Bertz CT molecular complexity index is 1220. The molecule has 166 valence electrons. The number of nitrogens with zero attached hydrogens (tertiary/aromatic N) is 5. The largest absolute Gasteiger partial charge is 0.354 e. The van der Waals surface area contributed by atoms with Crippen molar-refractivity contribution in [2.75, 3.05) is 23.3 Å². The molecule has 0 radical (unpaired) electrons. The molecule has 1 fully saturated rings. The fourth-order valence-corrected chi connectivity index (χ4v) is 4.18. The first-order valence-electron chi connectivity index (χ1n) is 11.2. The molecule has 1 atom stereocenters. The van der Waals surface area contributed by atoms with Crippen LogP contribution in [0.3, 0.4) is 0 Å². The van der Waals surface area contributed by atoms with E-state index in [4.69, 9.17) is 0 Å². The number of nitrogens with one attached hydrogen (secondary N) is 1. The minimum Gasteiger partial charge on any atom is -0.354 e. The Morgan fingerprint density at radius 1 is 0.970 bits per heavy atom. The summed E-state index contributed by atoms with van der Waals surface area (Å²) in [6, 6.07) is 21.8. The number of benzene rings is 2. The van der Waals surface area contributed by atoms with Crippen molar-refractivity contribution in [1.29, 1.82) is 0 Å². The summed E-state index contributed by atoms with van der Waals surface area (Å²) in [5.74, 6) is 2.29. The van der Waals surface area contributed by atoms with Crippen LogP contribution in [0.15, 0.2) is 79.1 Å². The summed E-state index contributed by atoms with van der Waals surface area (Å²) >= 11 is 0. The van der Waals surface area contributed by atoms with Crippen molar-refractivity contribution in [2.24, 2.45) is 5.92 Å². The second-order valence-electron chi connectivity index (χ2n) is 8.38. The van der Waals surface area contributed by atoms with Crippen molar-refractivity contribution in [3.05, 3.63) is 84.7 Å². The van der Waals surface area contributed by atoms with Gasteiger partial charge in [-0.05, 0) is 44.0 Å². The van der Waals surface area contributed by atoms with E-state index >= 15 is 0 Å². The first-order valence-corrected chi connectivity index (χ1v) is 11.2. The summed E-state index contributed by atoms with van der Waals surface area (Å²) in [5.41, 5.74) is 3.03. The lowest BCUT2D eigenvalue weighted by atomic mass is 9.97. The van der Waals surface area contributed by atoms with Gasteiger partial charge in [0.05, 0.1) is 5.92 Å². The molecule has 4 aromatic rings. The average molecular weight is 439 g/mol. The first-order chi connectivity index (χ1) is 16.2. The van der Waals surface area contributed by atoms with Crippen LogP contribution in [0.4, 0.5) is 11.5 Å². The van der Waals surface area contributed by atoms with Gasteiger partial charge in [0.15, 0.2) is 11.6 Å². The lowest BCUT2D eigenvalue weighted by molar-refractivity contribution is -0.120. The maximum Gasteiger partial charge on any atom is 0.229 e. The third kappa shape index (κ3) is 4.62. The Hall–Kier alpha value is -4.00. The number of aromatic nitrogens is 4. The molecule has 3 heterocycles. The van der Waals surface area contributed by atoms with Gasteiger partial charge < -0.3 is 10.2 Å². The fourth-order valence-electron chi connectivity index (χ4n) is 4.18. The molecule has 1 amide bonds. The predicted molar refractivity (Wildman–Crippen MR) is 129 cm³/mol. The van der Waals surface area contributed by atoms with Crippen molar-refractivity contribution in [2.45, 2.75) is 19.8 Å². The molecule has 0 aliphatic carbocycles. The topological polar surface area (TPSA) is 75.9 Å². The minimum absolute atomic E-state index is 0.0547. The Morgan fingerprint density at radius 2 is 1.73 bits per heavy atom. The average Bonchev–Trinajstić information content (AvgIpc) is 3.36. The molecular weight excluding hydrogens is 412 g/mol. The van der Waals surface area contributed by atoms with Crippen LogP contribution in [0.25, 0.3) is 17.2 Å². The van der Waals surface area contributed by atoms with Crippen molar-refractivity contribution in [1.82, 2.24) is 19.7 Å². The zero-order chi connectivity index (χ0) is 22.6. The summed E-state index contributed by atoms with van der Waals surface area (Å²) < 4.78 is 1.93. The van der Waals surface area contributed by atoms with Gasteiger partial charge in [0.1, 0.15) is 5.82 Å². The summed E-state index contributed by atoms with van der Waals surface area (Å²) in [5, 5.41) is 12.0. The SMILES string of the molecule is Cc1ccc(NC(=O)C2CCCN(c3ccc(-n4ccnc4-c4ccccc4)nn3)C2)cc1. The number of hydrogen-bond acceptors (Lipinski definition) is 5. The van der Waals surface area contributed by atoms with Gasteiger partial charge in [-0.3, -0.25) is 9.36 Å². The molecule has 1 aliphatic rings. The van der Waals surface area contributed by atoms with Crippen molar-refractivity contribution < 1.29 is 4.79 Å². The van der Waals surface area contributed by atoms with E-state index in [-0.39, 0.29) is 11.8 Å². The zero-order valence-corrected chi connectivity index (χ0v) is 18.6. The highest BCUT2D eigenvalue weighted by atomic mass is 16.1. The number of anilines is 2. The van der Waals surface area contributed by atoms with E-state index in [1.165, 1.54) is 5.56 Å². The molecule has 2 aromatic carbocycles. The summed E-state index contributed by atoms with van der Waals surface area (Å²) in [6.45, 7) is 3.53. The van der Waals surface area contributed by atoms with Gasteiger partial charge in [0, 0.05) is 36.7 Å². The monoisotopic (exact) mass is 438 g/mol. The summed E-state index contributed by atoms with van der Waals surface area (Å²) in [4.78, 5) is 19.5. The number of carbonyl (C=O) groups excluding carboxylic acids is 1. The van der Waals surface area contributed by atoms with Gasteiger partial charge in [-0.25, -0.2) is 4.98 Å². The highest BCUT2D eigenvalue weighted by molar-refractivity contribution is 5.93. The highest BCUT2D eigenvalue weighted by Gasteiger charge is 2.27. The standard InChI is InChI=1S/C26H26N6O/c1-19-9-11-22(12-10-19)28-26(33)21-8-5-16-31(18-21)23-13-14-24(30-29-23)32-17-15-27-25(32)20-6-3-2-4-7-20/h2-4,6-7,9-15,17,21H,5,8,16,18H2,1H3,(H,28,33). The second kappa shape index (κ2) is 9.24. The van der Waals surface area contributed by atoms with Gasteiger partial charge in [-0.2, -0.15) is 0 Å². The molecule has 1 N–H and O–H groups in total. The molecule has 0 bridgehead atoms. The van der Waals surface area contributed by atoms with E-state index < -0.39 is 0 Å². The number of amides is 1. The molecular formula is C26H26N6O. The smallest absolute Gasteiger partial charge is 0.229 e. The normalized spacial score (nSPS) is 15.9. The van der Waals surface area contributed by atoms with Gasteiger partial charge in [-0.15, -0.1) is 10.2 Å². The molecule has 5 rings (SSSR count). The van der Waals surface area contributed by atoms with Crippen LogP contribution < -0.4 is 10.2 Å². The van der Waals surface area contributed by atoms with Gasteiger partial charge in [0.25, 0.3) is 0 Å². The Labute approximate surface area is 193 Å². The molecule has 7 heteroatoms. The molecule has 0 saturated carbocycles. The third-order valence-corrected chi connectivity index (χ3v) is 5.99. The minimum atomic E-state index is -0.0835. The molecule has 1 aliphatic heterocycles. The molecule has 1 saturated heterocycles. The van der Waals surface area contributed by atoms with Crippen LogP contribution >= 0.6 is 0 Å². The maximum atomic E-state index is 12.8. The number of hydrogen-bond donors (Lipinski definition) is 1.